The highest BCUT2D eigenvalue weighted by atomic mass is 35.5. The number of alkyl halides is 1. The van der Waals surface area contributed by atoms with E-state index in [1.54, 1.807) is 0 Å². The fourth-order valence-corrected chi connectivity index (χ4v) is 2.55. The largest absolute Gasteiger partial charge is 0.327 e. The van der Waals surface area contributed by atoms with Crippen LogP contribution in [-0.4, -0.2) is 15.4 Å². The van der Waals surface area contributed by atoms with E-state index >= 15 is 0 Å². The maximum atomic E-state index is 5.92. The molecule has 0 fully saturated rings. The van der Waals surface area contributed by atoms with Crippen LogP contribution in [0.25, 0.3) is 11.0 Å². The predicted octanol–water partition coefficient (Wildman–Crippen LogP) is 4.42. The number of benzene rings is 1. The molecule has 2 aromatic rings. The third-order valence-corrected chi connectivity index (χ3v) is 4.16. The lowest BCUT2D eigenvalue weighted by Crippen LogP contribution is -2.15. The van der Waals surface area contributed by atoms with Crippen LogP contribution in [-0.2, 0) is 13.0 Å². The Morgan fingerprint density at radius 3 is 2.63 bits per heavy atom. The van der Waals surface area contributed by atoms with Gasteiger partial charge in [0, 0.05) is 18.8 Å². The number of fused-ring (bicyclic) bond motifs is 1. The minimum atomic E-state index is 0.623. The van der Waals surface area contributed by atoms with Crippen molar-refractivity contribution >= 4 is 22.6 Å². The van der Waals surface area contributed by atoms with Crippen molar-refractivity contribution in [1.29, 1.82) is 0 Å². The Morgan fingerprint density at radius 2 is 2.00 bits per heavy atom. The van der Waals surface area contributed by atoms with Crippen molar-refractivity contribution in [2.24, 2.45) is 11.8 Å². The zero-order chi connectivity index (χ0) is 14.0. The van der Waals surface area contributed by atoms with Gasteiger partial charge >= 0.3 is 0 Å². The van der Waals surface area contributed by atoms with E-state index in [4.69, 9.17) is 16.6 Å². The summed E-state index contributed by atoms with van der Waals surface area (Å²) >= 11 is 5.92. The average molecular weight is 279 g/mol. The van der Waals surface area contributed by atoms with Crippen LogP contribution in [0.1, 0.15) is 32.2 Å². The third-order valence-electron chi connectivity index (χ3n) is 3.97. The van der Waals surface area contributed by atoms with Crippen molar-refractivity contribution in [3.63, 3.8) is 0 Å². The molecule has 0 N–H and O–H groups in total. The van der Waals surface area contributed by atoms with E-state index in [0.29, 0.717) is 17.7 Å². The monoisotopic (exact) mass is 278 g/mol. The zero-order valence-corrected chi connectivity index (χ0v) is 13.0. The quantitative estimate of drug-likeness (QED) is 0.741. The van der Waals surface area contributed by atoms with Gasteiger partial charge in [-0.25, -0.2) is 4.98 Å². The van der Waals surface area contributed by atoms with Crippen molar-refractivity contribution < 1.29 is 0 Å². The van der Waals surface area contributed by atoms with Crippen LogP contribution in [0, 0.1) is 18.8 Å². The number of halogens is 1. The van der Waals surface area contributed by atoms with Gasteiger partial charge in [0.25, 0.3) is 0 Å². The average Bonchev–Trinajstić information content (AvgIpc) is 2.69. The molecule has 0 saturated carbocycles. The second-order valence-corrected chi connectivity index (χ2v) is 6.12. The SMILES string of the molecule is Cc1cccc2nc(CCCl)n(CC(C)C(C)C)c12. The zero-order valence-electron chi connectivity index (χ0n) is 12.3. The first-order valence-electron chi connectivity index (χ1n) is 7.05. The number of imidazole rings is 1. The van der Waals surface area contributed by atoms with Gasteiger partial charge in [0.2, 0.25) is 0 Å². The second kappa shape index (κ2) is 5.96. The molecule has 1 unspecified atom stereocenters. The van der Waals surface area contributed by atoms with Crippen LogP contribution in [0.2, 0.25) is 0 Å². The molecule has 0 bridgehead atoms. The molecule has 1 aromatic heterocycles. The topological polar surface area (TPSA) is 17.8 Å². The fraction of sp³-hybridized carbons (Fsp3) is 0.562. The number of aromatic nitrogens is 2. The minimum absolute atomic E-state index is 0.623. The first-order valence-corrected chi connectivity index (χ1v) is 7.58. The molecule has 0 aliphatic rings. The molecule has 104 valence electrons. The van der Waals surface area contributed by atoms with Crippen molar-refractivity contribution in [2.45, 2.75) is 40.7 Å². The van der Waals surface area contributed by atoms with E-state index in [1.807, 2.05) is 0 Å². The second-order valence-electron chi connectivity index (χ2n) is 5.74. The first kappa shape index (κ1) is 14.4. The van der Waals surface area contributed by atoms with Crippen molar-refractivity contribution in [3.05, 3.63) is 29.6 Å². The number of para-hydroxylation sites is 1. The lowest BCUT2D eigenvalue weighted by Gasteiger charge is -2.19. The van der Waals surface area contributed by atoms with Gasteiger partial charge in [0.1, 0.15) is 5.82 Å². The molecule has 1 atom stereocenters. The lowest BCUT2D eigenvalue weighted by atomic mass is 9.98. The van der Waals surface area contributed by atoms with Gasteiger partial charge in [-0.05, 0) is 30.4 Å². The number of hydrogen-bond donors (Lipinski definition) is 0. The van der Waals surface area contributed by atoms with Crippen LogP contribution < -0.4 is 0 Å². The highest BCUT2D eigenvalue weighted by molar-refractivity contribution is 6.17. The van der Waals surface area contributed by atoms with E-state index < -0.39 is 0 Å². The summed E-state index contributed by atoms with van der Waals surface area (Å²) < 4.78 is 2.37. The smallest absolute Gasteiger partial charge is 0.111 e. The van der Waals surface area contributed by atoms with E-state index in [0.717, 1.165) is 24.3 Å². The molecule has 0 aliphatic carbocycles. The van der Waals surface area contributed by atoms with Crippen LogP contribution in [0.3, 0.4) is 0 Å². The molecule has 0 spiro atoms. The molecule has 2 nitrogen and oxygen atoms in total. The molecule has 0 saturated heterocycles. The number of aryl methyl sites for hydroxylation is 2. The van der Waals surface area contributed by atoms with E-state index in [-0.39, 0.29) is 0 Å². The summed E-state index contributed by atoms with van der Waals surface area (Å²) in [6.45, 7) is 10.0. The highest BCUT2D eigenvalue weighted by Gasteiger charge is 2.16. The van der Waals surface area contributed by atoms with Gasteiger partial charge in [-0.1, -0.05) is 32.9 Å². The molecule has 3 heteroatoms. The molecule has 0 amide bonds. The summed E-state index contributed by atoms with van der Waals surface area (Å²) in [6.07, 6.45) is 0.834. The Bertz CT molecular complexity index is 557. The normalized spacial score (nSPS) is 13.4. The van der Waals surface area contributed by atoms with Crippen LogP contribution >= 0.6 is 11.6 Å². The van der Waals surface area contributed by atoms with Crippen molar-refractivity contribution in [3.8, 4) is 0 Å². The predicted molar refractivity (Wildman–Crippen MR) is 82.9 cm³/mol. The number of rotatable bonds is 5. The molecule has 1 aromatic carbocycles. The van der Waals surface area contributed by atoms with Gasteiger partial charge < -0.3 is 4.57 Å². The summed E-state index contributed by atoms with van der Waals surface area (Å²) in [5.41, 5.74) is 3.66. The van der Waals surface area contributed by atoms with Gasteiger partial charge in [0.15, 0.2) is 0 Å². The molecule has 0 radical (unpaired) electrons. The summed E-state index contributed by atoms with van der Waals surface area (Å²) in [5, 5.41) is 0. The number of hydrogen-bond acceptors (Lipinski definition) is 1. The van der Waals surface area contributed by atoms with E-state index in [1.165, 1.54) is 11.1 Å². The summed E-state index contributed by atoms with van der Waals surface area (Å²) in [6, 6.07) is 6.33. The Balaban J connectivity index is 2.51. The molecule has 2 rings (SSSR count). The minimum Gasteiger partial charge on any atom is -0.327 e. The van der Waals surface area contributed by atoms with Gasteiger partial charge in [0.05, 0.1) is 11.0 Å². The Labute approximate surface area is 120 Å². The van der Waals surface area contributed by atoms with Gasteiger partial charge in [-0.15, -0.1) is 11.6 Å². The van der Waals surface area contributed by atoms with Crippen molar-refractivity contribution in [1.82, 2.24) is 9.55 Å². The molecule has 19 heavy (non-hydrogen) atoms. The Morgan fingerprint density at radius 1 is 1.26 bits per heavy atom. The Kier molecular flexibility index (Phi) is 4.51. The first-order chi connectivity index (χ1) is 9.04. The van der Waals surface area contributed by atoms with Crippen LogP contribution in [0.4, 0.5) is 0 Å². The molecule has 0 aliphatic heterocycles. The number of nitrogens with zero attached hydrogens (tertiary/aromatic N) is 2. The van der Waals surface area contributed by atoms with Crippen LogP contribution in [0.5, 0.6) is 0 Å². The maximum Gasteiger partial charge on any atom is 0.111 e. The van der Waals surface area contributed by atoms with E-state index in [9.17, 15) is 0 Å². The standard InChI is InChI=1S/C16H23ClN2/c1-11(2)13(4)10-19-15(8-9-17)18-14-7-5-6-12(3)16(14)19/h5-7,11,13H,8-10H2,1-4H3. The molecular weight excluding hydrogens is 256 g/mol. The summed E-state index contributed by atoms with van der Waals surface area (Å²) in [7, 11) is 0. The highest BCUT2D eigenvalue weighted by Crippen LogP contribution is 2.23. The Hall–Kier alpha value is -1.02. The van der Waals surface area contributed by atoms with E-state index in [2.05, 4.69) is 50.5 Å². The van der Waals surface area contributed by atoms with Crippen LogP contribution in [0.15, 0.2) is 18.2 Å². The summed E-state index contributed by atoms with van der Waals surface area (Å²) in [4.78, 5) is 4.75. The maximum absolute atomic E-state index is 5.92. The van der Waals surface area contributed by atoms with Gasteiger partial charge in [-0.2, -0.15) is 0 Å². The lowest BCUT2D eigenvalue weighted by molar-refractivity contribution is 0.364. The van der Waals surface area contributed by atoms with Gasteiger partial charge in [-0.3, -0.25) is 0 Å². The summed E-state index contributed by atoms with van der Waals surface area (Å²) in [5.74, 6) is 3.04. The fourth-order valence-electron chi connectivity index (χ4n) is 2.38. The van der Waals surface area contributed by atoms with Crippen molar-refractivity contribution in [2.75, 3.05) is 5.88 Å². The molecular formula is C16H23ClN2. The molecule has 1 heterocycles. The third kappa shape index (κ3) is 2.94.